The van der Waals surface area contributed by atoms with E-state index in [9.17, 15) is 0 Å². The summed E-state index contributed by atoms with van der Waals surface area (Å²) in [6.45, 7) is 0. The Kier molecular flexibility index (Phi) is 1.80. The molecular weight excluding hydrogens is 172 g/mol. The molecule has 11 heavy (non-hydrogen) atoms. The minimum Gasteiger partial charge on any atom is -0.0750 e. The van der Waals surface area contributed by atoms with Crippen LogP contribution in [0.3, 0.4) is 0 Å². The lowest BCUT2D eigenvalue weighted by Crippen LogP contribution is -1.67. The summed E-state index contributed by atoms with van der Waals surface area (Å²) in [6.07, 6.45) is 2.12. The highest BCUT2D eigenvalue weighted by atomic mass is 32.2. The third kappa shape index (κ3) is 1.70. The van der Waals surface area contributed by atoms with Crippen molar-refractivity contribution in [3.63, 3.8) is 0 Å². The van der Waals surface area contributed by atoms with Gasteiger partial charge in [0.15, 0.2) is 0 Å². The molecule has 0 N–H and O–H groups in total. The van der Waals surface area contributed by atoms with Gasteiger partial charge in [-0.05, 0) is 11.6 Å². The fraction of sp³-hybridized carbons (Fsp3) is 0. The van der Waals surface area contributed by atoms with Crippen LogP contribution in [0.25, 0.3) is 6.08 Å². The van der Waals surface area contributed by atoms with Crippen molar-refractivity contribution in [1.29, 1.82) is 0 Å². The van der Waals surface area contributed by atoms with Gasteiger partial charge in [-0.3, -0.25) is 0 Å². The summed E-state index contributed by atoms with van der Waals surface area (Å²) in [6, 6.07) is 10.2. The summed E-state index contributed by atoms with van der Waals surface area (Å²) in [4.78, 5) is 1.24. The third-order valence-corrected chi connectivity index (χ3v) is 2.80. The SMILES string of the molecule is S=C1SC1=Cc1ccccc1. The summed E-state index contributed by atoms with van der Waals surface area (Å²) in [7, 11) is 0. The molecule has 0 spiro atoms. The van der Waals surface area contributed by atoms with Crippen LogP contribution < -0.4 is 0 Å². The average Bonchev–Trinajstić information content (AvgIpc) is 2.69. The quantitative estimate of drug-likeness (QED) is 0.368. The third-order valence-electron chi connectivity index (χ3n) is 1.46. The fourth-order valence-electron chi connectivity index (χ4n) is 0.863. The molecule has 0 radical (unpaired) electrons. The minimum atomic E-state index is 1.04. The number of hydrogen-bond donors (Lipinski definition) is 0. The van der Waals surface area contributed by atoms with Crippen molar-refractivity contribution in [3.05, 3.63) is 40.8 Å². The molecule has 0 saturated carbocycles. The molecule has 1 fully saturated rings. The number of rotatable bonds is 1. The Morgan fingerprint density at radius 2 is 1.82 bits per heavy atom. The maximum absolute atomic E-state index is 4.96. The van der Waals surface area contributed by atoms with Crippen molar-refractivity contribution in [1.82, 2.24) is 0 Å². The van der Waals surface area contributed by atoms with Crippen molar-refractivity contribution >= 4 is 34.3 Å². The first-order valence-corrected chi connectivity index (χ1v) is 4.58. The van der Waals surface area contributed by atoms with Crippen LogP contribution in [-0.4, -0.2) is 4.20 Å². The van der Waals surface area contributed by atoms with E-state index in [-0.39, 0.29) is 0 Å². The number of thiocarbonyl (C=S) groups is 1. The zero-order valence-electron chi connectivity index (χ0n) is 5.78. The molecule has 54 valence electrons. The van der Waals surface area contributed by atoms with E-state index >= 15 is 0 Å². The van der Waals surface area contributed by atoms with Gasteiger partial charge in [-0.25, -0.2) is 0 Å². The predicted octanol–water partition coefficient (Wildman–Crippen LogP) is 3.10. The lowest BCUT2D eigenvalue weighted by atomic mass is 10.2. The summed E-state index contributed by atoms with van der Waals surface area (Å²) >= 11 is 6.64. The molecule has 2 rings (SSSR count). The molecule has 2 heteroatoms. The van der Waals surface area contributed by atoms with E-state index in [0.29, 0.717) is 0 Å². The molecule has 0 unspecified atom stereocenters. The van der Waals surface area contributed by atoms with Gasteiger partial charge in [0.2, 0.25) is 0 Å². The molecule has 1 aromatic rings. The molecule has 0 aromatic heterocycles. The standard InChI is InChI=1S/C9H6S2/c10-9-8(11-9)6-7-4-2-1-3-5-7/h1-6H. The van der Waals surface area contributed by atoms with Gasteiger partial charge in [-0.15, -0.1) is 0 Å². The minimum absolute atomic E-state index is 1.04. The van der Waals surface area contributed by atoms with Gasteiger partial charge in [-0.1, -0.05) is 54.3 Å². The Hall–Kier alpha value is -0.600. The summed E-state index contributed by atoms with van der Waals surface area (Å²) in [5.74, 6) is 0. The molecule has 1 aromatic carbocycles. The van der Waals surface area contributed by atoms with Crippen molar-refractivity contribution in [3.8, 4) is 0 Å². The smallest absolute Gasteiger partial charge is 0.0750 e. The largest absolute Gasteiger partial charge is 0.0894 e. The second-order valence-corrected chi connectivity index (χ2v) is 4.03. The highest BCUT2D eigenvalue weighted by molar-refractivity contribution is 8.38. The van der Waals surface area contributed by atoms with Crippen LogP contribution in [-0.2, 0) is 0 Å². The summed E-state index contributed by atoms with van der Waals surface area (Å²) in [5.41, 5.74) is 1.23. The van der Waals surface area contributed by atoms with E-state index in [0.717, 1.165) is 4.20 Å². The second-order valence-electron chi connectivity index (χ2n) is 2.31. The molecule has 1 saturated heterocycles. The Labute approximate surface area is 75.3 Å². The van der Waals surface area contributed by atoms with Gasteiger partial charge in [0.05, 0.1) is 4.20 Å². The van der Waals surface area contributed by atoms with Crippen LogP contribution in [0.4, 0.5) is 0 Å². The van der Waals surface area contributed by atoms with Gasteiger partial charge in [-0.2, -0.15) is 0 Å². The average molecular weight is 178 g/mol. The molecule has 1 aliphatic heterocycles. The van der Waals surface area contributed by atoms with Gasteiger partial charge >= 0.3 is 0 Å². The first kappa shape index (κ1) is 7.07. The van der Waals surface area contributed by atoms with E-state index in [1.165, 1.54) is 10.5 Å². The normalized spacial score (nSPS) is 18.9. The van der Waals surface area contributed by atoms with Crippen LogP contribution in [0.5, 0.6) is 0 Å². The van der Waals surface area contributed by atoms with E-state index < -0.39 is 0 Å². The van der Waals surface area contributed by atoms with Gasteiger partial charge < -0.3 is 0 Å². The van der Waals surface area contributed by atoms with Crippen LogP contribution in [0.15, 0.2) is 35.2 Å². The van der Waals surface area contributed by atoms with Crippen molar-refractivity contribution in [2.75, 3.05) is 0 Å². The fourth-order valence-corrected chi connectivity index (χ4v) is 1.59. The molecule has 0 amide bonds. The van der Waals surface area contributed by atoms with E-state index in [1.54, 1.807) is 11.8 Å². The monoisotopic (exact) mass is 178 g/mol. The zero-order valence-corrected chi connectivity index (χ0v) is 7.41. The van der Waals surface area contributed by atoms with E-state index in [2.05, 4.69) is 18.2 Å². The maximum atomic E-state index is 4.96. The van der Waals surface area contributed by atoms with Gasteiger partial charge in [0, 0.05) is 4.91 Å². The second kappa shape index (κ2) is 2.80. The topological polar surface area (TPSA) is 0 Å². The molecule has 0 bridgehead atoms. The molecule has 1 aliphatic rings. The summed E-state index contributed by atoms with van der Waals surface area (Å²) in [5, 5.41) is 0. The van der Waals surface area contributed by atoms with Crippen molar-refractivity contribution in [2.24, 2.45) is 0 Å². The molecule has 1 heterocycles. The van der Waals surface area contributed by atoms with Crippen LogP contribution in [0.2, 0.25) is 0 Å². The highest BCUT2D eigenvalue weighted by Gasteiger charge is 2.21. The van der Waals surface area contributed by atoms with Crippen molar-refractivity contribution < 1.29 is 0 Å². The Morgan fingerprint density at radius 1 is 1.18 bits per heavy atom. The van der Waals surface area contributed by atoms with Crippen LogP contribution in [0, 0.1) is 0 Å². The summed E-state index contributed by atoms with van der Waals surface area (Å²) < 4.78 is 1.04. The van der Waals surface area contributed by atoms with E-state index in [4.69, 9.17) is 12.2 Å². The number of hydrogen-bond acceptors (Lipinski definition) is 2. The predicted molar refractivity (Wildman–Crippen MR) is 54.6 cm³/mol. The lowest BCUT2D eigenvalue weighted by molar-refractivity contribution is 1.66. The number of thioether (sulfide) groups is 1. The van der Waals surface area contributed by atoms with Gasteiger partial charge in [0.25, 0.3) is 0 Å². The van der Waals surface area contributed by atoms with E-state index in [1.807, 2.05) is 18.2 Å². The molecule has 0 nitrogen and oxygen atoms in total. The van der Waals surface area contributed by atoms with Crippen molar-refractivity contribution in [2.45, 2.75) is 0 Å². The first-order chi connectivity index (χ1) is 5.36. The first-order valence-electron chi connectivity index (χ1n) is 3.35. The van der Waals surface area contributed by atoms with Crippen LogP contribution >= 0.6 is 24.0 Å². The Bertz CT molecular complexity index is 312. The maximum Gasteiger partial charge on any atom is 0.0894 e. The zero-order chi connectivity index (χ0) is 7.68. The molecule has 0 atom stereocenters. The molecular formula is C9H6S2. The Morgan fingerprint density at radius 3 is 2.36 bits per heavy atom. The molecule has 0 aliphatic carbocycles. The highest BCUT2D eigenvalue weighted by Crippen LogP contribution is 2.41. The lowest BCUT2D eigenvalue weighted by Gasteiger charge is -1.86. The van der Waals surface area contributed by atoms with Gasteiger partial charge in [0.1, 0.15) is 0 Å². The Balaban J connectivity index is 2.26. The number of benzene rings is 1. The van der Waals surface area contributed by atoms with Crippen LogP contribution in [0.1, 0.15) is 5.56 Å².